The van der Waals surface area contributed by atoms with Crippen LogP contribution >= 0.6 is 0 Å². The van der Waals surface area contributed by atoms with E-state index in [2.05, 4.69) is 30.3 Å². The number of ether oxygens (including phenoxy) is 1. The molecule has 1 heterocycles. The second-order valence-electron chi connectivity index (χ2n) is 5.81. The zero-order valence-corrected chi connectivity index (χ0v) is 12.3. The first-order chi connectivity index (χ1) is 10.2. The van der Waals surface area contributed by atoms with Gasteiger partial charge in [-0.2, -0.15) is 0 Å². The summed E-state index contributed by atoms with van der Waals surface area (Å²) in [5.74, 6) is 1.79. The summed E-state index contributed by atoms with van der Waals surface area (Å²) < 4.78 is 5.91. The molecule has 0 N–H and O–H groups in total. The number of carbonyl (C=O) groups excluding carboxylic acids is 1. The third kappa shape index (κ3) is 3.15. The number of hydrogen-bond acceptors (Lipinski definition) is 2. The van der Waals surface area contributed by atoms with E-state index in [4.69, 9.17) is 4.74 Å². The first-order valence-corrected chi connectivity index (χ1v) is 7.49. The Morgan fingerprint density at radius 1 is 1.10 bits per heavy atom. The molecule has 0 radical (unpaired) electrons. The summed E-state index contributed by atoms with van der Waals surface area (Å²) in [6, 6.07) is 18.6. The lowest BCUT2D eigenvalue weighted by atomic mass is 9.78. The summed E-state index contributed by atoms with van der Waals surface area (Å²) in [6.07, 6.45) is 1.55. The molecule has 0 spiro atoms. The third-order valence-corrected chi connectivity index (χ3v) is 4.19. The van der Waals surface area contributed by atoms with Gasteiger partial charge in [0.05, 0.1) is 6.61 Å². The van der Waals surface area contributed by atoms with Gasteiger partial charge in [0.2, 0.25) is 0 Å². The van der Waals surface area contributed by atoms with Gasteiger partial charge in [0.25, 0.3) is 0 Å². The molecule has 1 aliphatic heterocycles. The maximum atomic E-state index is 11.7. The monoisotopic (exact) mass is 280 g/mol. The smallest absolute Gasteiger partial charge is 0.130 e. The molecule has 0 aliphatic carbocycles. The van der Waals surface area contributed by atoms with E-state index < -0.39 is 0 Å². The Balaban J connectivity index is 1.88. The highest BCUT2D eigenvalue weighted by atomic mass is 16.5. The molecule has 2 aromatic carbocycles. The minimum Gasteiger partial charge on any atom is -0.493 e. The zero-order valence-electron chi connectivity index (χ0n) is 12.3. The fraction of sp³-hybridized carbons (Fsp3) is 0.316. The van der Waals surface area contributed by atoms with Gasteiger partial charge in [-0.15, -0.1) is 0 Å². The van der Waals surface area contributed by atoms with Crippen molar-refractivity contribution in [1.82, 2.24) is 0 Å². The quantitative estimate of drug-likeness (QED) is 0.846. The Labute approximate surface area is 125 Å². The largest absolute Gasteiger partial charge is 0.493 e. The van der Waals surface area contributed by atoms with Crippen molar-refractivity contribution in [3.8, 4) is 5.75 Å². The van der Waals surface area contributed by atoms with E-state index in [1.54, 1.807) is 6.92 Å². The average molecular weight is 280 g/mol. The molecule has 2 heteroatoms. The van der Waals surface area contributed by atoms with E-state index >= 15 is 0 Å². The summed E-state index contributed by atoms with van der Waals surface area (Å²) >= 11 is 0. The fourth-order valence-electron chi connectivity index (χ4n) is 3.19. The highest BCUT2D eigenvalue weighted by molar-refractivity contribution is 5.76. The highest BCUT2D eigenvalue weighted by Gasteiger charge is 2.31. The highest BCUT2D eigenvalue weighted by Crippen LogP contribution is 2.40. The van der Waals surface area contributed by atoms with Gasteiger partial charge in [0, 0.05) is 18.3 Å². The molecule has 2 nitrogen and oxygen atoms in total. The van der Waals surface area contributed by atoms with Crippen molar-refractivity contribution < 1.29 is 9.53 Å². The Hall–Kier alpha value is -2.09. The fourth-order valence-corrected chi connectivity index (χ4v) is 3.19. The van der Waals surface area contributed by atoms with E-state index in [9.17, 15) is 4.79 Å². The molecule has 2 aromatic rings. The minimum absolute atomic E-state index is 0.245. The molecule has 1 aliphatic rings. The van der Waals surface area contributed by atoms with E-state index in [0.717, 1.165) is 12.2 Å². The average Bonchev–Trinajstić information content (AvgIpc) is 2.50. The maximum Gasteiger partial charge on any atom is 0.130 e. The van der Waals surface area contributed by atoms with Crippen molar-refractivity contribution in [2.75, 3.05) is 6.61 Å². The summed E-state index contributed by atoms with van der Waals surface area (Å²) in [5, 5.41) is 0. The predicted molar refractivity (Wildman–Crippen MR) is 83.6 cm³/mol. The molecular formula is C19H20O2. The zero-order chi connectivity index (χ0) is 14.7. The van der Waals surface area contributed by atoms with Crippen LogP contribution < -0.4 is 4.74 Å². The number of ketones is 1. The molecule has 3 rings (SSSR count). The summed E-state index contributed by atoms with van der Waals surface area (Å²) in [5.41, 5.74) is 2.49. The topological polar surface area (TPSA) is 26.3 Å². The van der Waals surface area contributed by atoms with Crippen LogP contribution in [-0.2, 0) is 11.2 Å². The standard InChI is InChI=1S/C19H20O2/c1-14(20)11-18-16(12-15-7-3-2-4-8-15)13-21-19-10-6-5-9-17(18)19/h2-10,16,18H,11-13H2,1H3. The summed E-state index contributed by atoms with van der Waals surface area (Å²) in [6.45, 7) is 2.36. The number of carbonyl (C=O) groups is 1. The number of para-hydroxylation sites is 1. The van der Waals surface area contributed by atoms with Gasteiger partial charge in [0.15, 0.2) is 0 Å². The van der Waals surface area contributed by atoms with Gasteiger partial charge < -0.3 is 9.53 Å². The number of benzene rings is 2. The molecular weight excluding hydrogens is 260 g/mol. The first kappa shape index (κ1) is 13.9. The lowest BCUT2D eigenvalue weighted by Gasteiger charge is -2.33. The van der Waals surface area contributed by atoms with Crippen LogP contribution in [-0.4, -0.2) is 12.4 Å². The second kappa shape index (κ2) is 6.13. The molecule has 0 fully saturated rings. The van der Waals surface area contributed by atoms with E-state index in [1.165, 1.54) is 11.1 Å². The maximum absolute atomic E-state index is 11.7. The van der Waals surface area contributed by atoms with Crippen LogP contribution in [0.3, 0.4) is 0 Å². The van der Waals surface area contributed by atoms with Crippen LogP contribution in [0.15, 0.2) is 54.6 Å². The van der Waals surface area contributed by atoms with Gasteiger partial charge in [-0.25, -0.2) is 0 Å². The lowest BCUT2D eigenvalue weighted by molar-refractivity contribution is -0.117. The Kier molecular flexibility index (Phi) is 4.05. The van der Waals surface area contributed by atoms with Gasteiger partial charge in [-0.05, 0) is 30.5 Å². The van der Waals surface area contributed by atoms with E-state index in [0.29, 0.717) is 18.9 Å². The van der Waals surface area contributed by atoms with Crippen LogP contribution in [0.5, 0.6) is 5.75 Å². The molecule has 2 atom stereocenters. The predicted octanol–water partition coefficient (Wildman–Crippen LogP) is 4.00. The van der Waals surface area contributed by atoms with Gasteiger partial charge in [0.1, 0.15) is 11.5 Å². The molecule has 0 saturated carbocycles. The van der Waals surface area contributed by atoms with Gasteiger partial charge in [-0.3, -0.25) is 0 Å². The van der Waals surface area contributed by atoms with Crippen LogP contribution in [0.2, 0.25) is 0 Å². The van der Waals surface area contributed by atoms with Crippen LogP contribution in [0, 0.1) is 5.92 Å². The van der Waals surface area contributed by atoms with E-state index in [-0.39, 0.29) is 11.7 Å². The Bertz CT molecular complexity index is 618. The number of hydrogen-bond donors (Lipinski definition) is 0. The minimum atomic E-state index is 0.245. The van der Waals surface area contributed by atoms with Gasteiger partial charge in [-0.1, -0.05) is 48.5 Å². The molecule has 108 valence electrons. The van der Waals surface area contributed by atoms with Crippen LogP contribution in [0.4, 0.5) is 0 Å². The van der Waals surface area contributed by atoms with Crippen molar-refractivity contribution in [2.24, 2.45) is 5.92 Å². The molecule has 21 heavy (non-hydrogen) atoms. The first-order valence-electron chi connectivity index (χ1n) is 7.49. The molecule has 0 amide bonds. The molecule has 0 bridgehead atoms. The number of fused-ring (bicyclic) bond motifs is 1. The van der Waals surface area contributed by atoms with Crippen molar-refractivity contribution in [3.05, 3.63) is 65.7 Å². The van der Waals surface area contributed by atoms with Crippen LogP contribution in [0.1, 0.15) is 30.4 Å². The normalized spacial score (nSPS) is 20.4. The van der Waals surface area contributed by atoms with Crippen molar-refractivity contribution in [2.45, 2.75) is 25.7 Å². The van der Waals surface area contributed by atoms with Crippen LogP contribution in [0.25, 0.3) is 0 Å². The van der Waals surface area contributed by atoms with Crippen molar-refractivity contribution >= 4 is 5.78 Å². The Morgan fingerprint density at radius 2 is 1.81 bits per heavy atom. The number of rotatable bonds is 4. The molecule has 0 aromatic heterocycles. The van der Waals surface area contributed by atoms with Crippen molar-refractivity contribution in [3.63, 3.8) is 0 Å². The second-order valence-corrected chi connectivity index (χ2v) is 5.81. The number of Topliss-reactive ketones (excluding diaryl/α,β-unsaturated/α-hetero) is 1. The SMILES string of the molecule is CC(=O)CC1c2ccccc2OCC1Cc1ccccc1. The van der Waals surface area contributed by atoms with Gasteiger partial charge >= 0.3 is 0 Å². The van der Waals surface area contributed by atoms with E-state index in [1.807, 2.05) is 24.3 Å². The molecule has 0 saturated heterocycles. The Morgan fingerprint density at radius 3 is 2.57 bits per heavy atom. The summed E-state index contributed by atoms with van der Waals surface area (Å²) in [4.78, 5) is 11.7. The lowest BCUT2D eigenvalue weighted by Crippen LogP contribution is -2.29. The molecule has 2 unspecified atom stereocenters. The van der Waals surface area contributed by atoms with Crippen molar-refractivity contribution in [1.29, 1.82) is 0 Å². The summed E-state index contributed by atoms with van der Waals surface area (Å²) in [7, 11) is 0. The third-order valence-electron chi connectivity index (χ3n) is 4.19.